The van der Waals surface area contributed by atoms with E-state index in [4.69, 9.17) is 9.47 Å². The number of hydrogen-bond acceptors (Lipinski definition) is 6. The summed E-state index contributed by atoms with van der Waals surface area (Å²) in [5.41, 5.74) is 3.38. The van der Waals surface area contributed by atoms with Crippen LogP contribution in [0.2, 0.25) is 0 Å². The van der Waals surface area contributed by atoms with Crippen molar-refractivity contribution >= 4 is 17.4 Å². The van der Waals surface area contributed by atoms with Crippen LogP contribution >= 0.6 is 0 Å². The maximum atomic E-state index is 13.4. The van der Waals surface area contributed by atoms with Gasteiger partial charge < -0.3 is 24.6 Å². The number of phenols is 1. The van der Waals surface area contributed by atoms with E-state index in [-0.39, 0.29) is 23.6 Å². The molecule has 1 aliphatic rings. The van der Waals surface area contributed by atoms with Crippen LogP contribution in [0.5, 0.6) is 17.2 Å². The Hall–Kier alpha value is -4.26. The van der Waals surface area contributed by atoms with Gasteiger partial charge in [-0.3, -0.25) is 9.59 Å². The molecule has 0 aliphatic carbocycles. The van der Waals surface area contributed by atoms with E-state index in [0.717, 1.165) is 22.4 Å². The Bertz CT molecular complexity index is 1370. The summed E-state index contributed by atoms with van der Waals surface area (Å²) >= 11 is 0. The highest BCUT2D eigenvalue weighted by atomic mass is 16.5. The van der Waals surface area contributed by atoms with Gasteiger partial charge in [0.1, 0.15) is 23.0 Å². The molecule has 0 aromatic heterocycles. The van der Waals surface area contributed by atoms with Gasteiger partial charge in [-0.2, -0.15) is 0 Å². The van der Waals surface area contributed by atoms with Gasteiger partial charge in [0.2, 0.25) is 0 Å². The first kappa shape index (κ1) is 26.8. The van der Waals surface area contributed by atoms with Gasteiger partial charge >= 0.3 is 0 Å². The minimum absolute atomic E-state index is 0.0270. The molecular formula is C31H33NO6. The van der Waals surface area contributed by atoms with Crippen LogP contribution in [-0.2, 0) is 16.1 Å². The van der Waals surface area contributed by atoms with Crippen LogP contribution in [0.4, 0.5) is 0 Å². The Kier molecular flexibility index (Phi) is 7.76. The lowest BCUT2D eigenvalue weighted by Crippen LogP contribution is -2.29. The number of ketones is 1. The van der Waals surface area contributed by atoms with Gasteiger partial charge in [0, 0.05) is 6.54 Å². The van der Waals surface area contributed by atoms with Gasteiger partial charge in [-0.1, -0.05) is 44.2 Å². The molecule has 0 saturated carbocycles. The molecule has 1 unspecified atom stereocenters. The van der Waals surface area contributed by atoms with Crippen molar-refractivity contribution in [2.45, 2.75) is 40.3 Å². The standard InChI is InChI=1S/C31H33NO6/c1-18(2)17-38-24-12-6-21(7-13-24)16-32-27(22-8-10-23(33)11-9-22)26(29(35)31(32)36)28(34)25-15-19(3)14-20(4)30(25)37-5/h6-15,18,27,33-34H,16-17H2,1-5H3/b28-26+. The predicted molar refractivity (Wildman–Crippen MR) is 145 cm³/mol. The molecule has 2 N–H and O–H groups in total. The summed E-state index contributed by atoms with van der Waals surface area (Å²) in [5.74, 6) is -0.194. The number of Topliss-reactive ketones (excluding diaryl/α,β-unsaturated/α-hetero) is 1. The Morgan fingerprint density at radius 1 is 1.00 bits per heavy atom. The third kappa shape index (κ3) is 5.37. The Morgan fingerprint density at radius 3 is 2.26 bits per heavy atom. The molecule has 1 aliphatic heterocycles. The molecule has 0 bridgehead atoms. The van der Waals surface area contributed by atoms with Gasteiger partial charge in [0.15, 0.2) is 0 Å². The fourth-order valence-corrected chi connectivity index (χ4v) is 4.74. The van der Waals surface area contributed by atoms with Crippen LogP contribution in [-0.4, -0.2) is 40.5 Å². The second-order valence-corrected chi connectivity index (χ2v) is 10.0. The maximum absolute atomic E-state index is 13.4. The van der Waals surface area contributed by atoms with Crippen molar-refractivity contribution < 1.29 is 29.3 Å². The van der Waals surface area contributed by atoms with Crippen molar-refractivity contribution in [3.8, 4) is 17.2 Å². The van der Waals surface area contributed by atoms with E-state index in [2.05, 4.69) is 13.8 Å². The largest absolute Gasteiger partial charge is 0.508 e. The van der Waals surface area contributed by atoms with Gasteiger partial charge in [0.25, 0.3) is 11.7 Å². The molecule has 1 saturated heterocycles. The first-order valence-corrected chi connectivity index (χ1v) is 12.5. The number of methoxy groups -OCH3 is 1. The molecule has 1 fully saturated rings. The number of nitrogens with zero attached hydrogens (tertiary/aromatic N) is 1. The van der Waals surface area contributed by atoms with E-state index >= 15 is 0 Å². The number of likely N-dealkylation sites (tertiary alicyclic amines) is 1. The zero-order valence-electron chi connectivity index (χ0n) is 22.3. The van der Waals surface area contributed by atoms with Gasteiger partial charge in [-0.15, -0.1) is 0 Å². The van der Waals surface area contributed by atoms with Crippen LogP contribution in [0.3, 0.4) is 0 Å². The molecule has 7 heteroatoms. The van der Waals surface area contributed by atoms with E-state index in [9.17, 15) is 19.8 Å². The van der Waals surface area contributed by atoms with Gasteiger partial charge in [-0.05, 0) is 72.4 Å². The molecule has 0 spiro atoms. The Balaban J connectivity index is 1.80. The molecule has 1 atom stereocenters. The first-order chi connectivity index (χ1) is 18.1. The van der Waals surface area contributed by atoms with Gasteiger partial charge in [-0.25, -0.2) is 0 Å². The number of phenolic OH excluding ortho intramolecular Hbond substituents is 1. The second kappa shape index (κ2) is 11.0. The fourth-order valence-electron chi connectivity index (χ4n) is 4.74. The minimum atomic E-state index is -0.863. The third-order valence-electron chi connectivity index (χ3n) is 6.49. The van der Waals surface area contributed by atoms with Crippen molar-refractivity contribution in [1.82, 2.24) is 4.90 Å². The zero-order chi connectivity index (χ0) is 27.6. The lowest BCUT2D eigenvalue weighted by molar-refractivity contribution is -0.140. The number of aliphatic hydroxyl groups is 1. The van der Waals surface area contributed by atoms with Gasteiger partial charge in [0.05, 0.1) is 30.9 Å². The summed E-state index contributed by atoms with van der Waals surface area (Å²) in [4.78, 5) is 28.2. The number of carbonyl (C=O) groups is 2. The predicted octanol–water partition coefficient (Wildman–Crippen LogP) is 5.67. The maximum Gasteiger partial charge on any atom is 0.295 e. The molecule has 1 heterocycles. The van der Waals surface area contributed by atoms with E-state index in [1.54, 1.807) is 18.2 Å². The lowest BCUT2D eigenvalue weighted by atomic mass is 9.93. The highest BCUT2D eigenvalue weighted by molar-refractivity contribution is 6.46. The average Bonchev–Trinajstić information content (AvgIpc) is 3.12. The topological polar surface area (TPSA) is 96.3 Å². The second-order valence-electron chi connectivity index (χ2n) is 10.0. The summed E-state index contributed by atoms with van der Waals surface area (Å²) in [6, 6.07) is 16.5. The average molecular weight is 516 g/mol. The fraction of sp³-hybridized carbons (Fsp3) is 0.290. The number of aryl methyl sites for hydroxylation is 2. The summed E-state index contributed by atoms with van der Waals surface area (Å²) in [6.45, 7) is 8.61. The normalized spacial score (nSPS) is 16.8. The molecule has 4 rings (SSSR count). The van der Waals surface area contributed by atoms with Crippen LogP contribution in [0.15, 0.2) is 66.2 Å². The van der Waals surface area contributed by atoms with E-state index in [0.29, 0.717) is 29.4 Å². The SMILES string of the molecule is COc1c(C)cc(C)cc1/C(O)=C1\C(=O)C(=O)N(Cc2ccc(OCC(C)C)cc2)C1c1ccc(O)cc1. The van der Waals surface area contributed by atoms with Crippen LogP contribution in [0, 0.1) is 19.8 Å². The summed E-state index contributed by atoms with van der Waals surface area (Å²) < 4.78 is 11.3. The third-order valence-corrected chi connectivity index (χ3v) is 6.49. The smallest absolute Gasteiger partial charge is 0.295 e. The molecular weight excluding hydrogens is 482 g/mol. The number of rotatable bonds is 8. The highest BCUT2D eigenvalue weighted by Crippen LogP contribution is 2.42. The number of benzene rings is 3. The summed E-state index contributed by atoms with van der Waals surface area (Å²) in [5, 5.41) is 21.4. The first-order valence-electron chi connectivity index (χ1n) is 12.5. The quantitative estimate of drug-likeness (QED) is 0.228. The number of aromatic hydroxyl groups is 1. The molecule has 3 aromatic carbocycles. The minimum Gasteiger partial charge on any atom is -0.508 e. The number of hydrogen-bond donors (Lipinski definition) is 2. The summed E-state index contributed by atoms with van der Waals surface area (Å²) in [6.07, 6.45) is 0. The molecule has 3 aromatic rings. The molecule has 0 radical (unpaired) electrons. The van der Waals surface area contributed by atoms with E-state index in [1.807, 2.05) is 44.2 Å². The van der Waals surface area contributed by atoms with Crippen molar-refractivity contribution in [2.75, 3.05) is 13.7 Å². The van der Waals surface area contributed by atoms with Crippen molar-refractivity contribution in [3.05, 3.63) is 94.1 Å². The molecule has 38 heavy (non-hydrogen) atoms. The number of ether oxygens (including phenoxy) is 2. The van der Waals surface area contributed by atoms with Crippen LogP contribution in [0.1, 0.15) is 47.7 Å². The Morgan fingerprint density at radius 2 is 1.66 bits per heavy atom. The lowest BCUT2D eigenvalue weighted by Gasteiger charge is -2.26. The highest BCUT2D eigenvalue weighted by Gasteiger charge is 2.46. The molecule has 7 nitrogen and oxygen atoms in total. The van der Waals surface area contributed by atoms with E-state index in [1.165, 1.54) is 24.1 Å². The Labute approximate surface area is 222 Å². The molecule has 198 valence electrons. The van der Waals surface area contributed by atoms with Crippen LogP contribution in [0.25, 0.3) is 5.76 Å². The monoisotopic (exact) mass is 515 g/mol. The number of carbonyl (C=O) groups excluding carboxylic acids is 2. The summed E-state index contributed by atoms with van der Waals surface area (Å²) in [7, 11) is 1.50. The zero-order valence-corrected chi connectivity index (χ0v) is 22.3. The van der Waals surface area contributed by atoms with Crippen molar-refractivity contribution in [1.29, 1.82) is 0 Å². The number of aliphatic hydroxyl groups excluding tert-OH is 1. The van der Waals surface area contributed by atoms with E-state index < -0.39 is 17.7 Å². The van der Waals surface area contributed by atoms with Crippen molar-refractivity contribution in [2.24, 2.45) is 5.92 Å². The van der Waals surface area contributed by atoms with Crippen LogP contribution < -0.4 is 9.47 Å². The molecule has 1 amide bonds. The number of amides is 1. The van der Waals surface area contributed by atoms with Crippen molar-refractivity contribution in [3.63, 3.8) is 0 Å².